The van der Waals surface area contributed by atoms with Crippen LogP contribution in [-0.4, -0.2) is 36.5 Å². The zero-order chi connectivity index (χ0) is 20.5. The van der Waals surface area contributed by atoms with Crippen molar-refractivity contribution in [2.45, 2.75) is 76.7 Å². The van der Waals surface area contributed by atoms with Crippen molar-refractivity contribution in [3.05, 3.63) is 30.3 Å². The molecule has 1 aromatic carbocycles. The van der Waals surface area contributed by atoms with Crippen LogP contribution in [-0.2, 0) is 10.1 Å². The van der Waals surface area contributed by atoms with Gasteiger partial charge in [0, 0.05) is 6.42 Å². The van der Waals surface area contributed by atoms with Crippen LogP contribution in [0.2, 0.25) is 0 Å². The molecule has 0 aliphatic rings. The first-order valence-electron chi connectivity index (χ1n) is 10.3. The van der Waals surface area contributed by atoms with Crippen molar-refractivity contribution < 1.29 is 22.8 Å². The van der Waals surface area contributed by atoms with Gasteiger partial charge < -0.3 is 9.84 Å². The van der Waals surface area contributed by atoms with Crippen molar-refractivity contribution in [3.8, 4) is 17.6 Å². The lowest BCUT2D eigenvalue weighted by molar-refractivity contribution is 0.151. The molecule has 0 aromatic heterocycles. The smallest absolute Gasteiger partial charge is 0.264 e. The largest absolute Gasteiger partial charge is 0.490 e. The van der Waals surface area contributed by atoms with Gasteiger partial charge in [0.2, 0.25) is 0 Å². The van der Waals surface area contributed by atoms with Crippen LogP contribution in [0.25, 0.3) is 0 Å². The fraction of sp³-hybridized carbons (Fsp3) is 0.636. The van der Waals surface area contributed by atoms with Crippen LogP contribution in [0, 0.1) is 11.8 Å². The third-order valence-electron chi connectivity index (χ3n) is 4.37. The molecule has 0 saturated carbocycles. The number of benzene rings is 1. The molecule has 0 spiro atoms. The Labute approximate surface area is 170 Å². The number of unbranched alkanes of at least 4 members (excludes halogenated alkanes) is 10. The van der Waals surface area contributed by atoms with Gasteiger partial charge in [-0.05, 0) is 25.0 Å². The van der Waals surface area contributed by atoms with Crippen molar-refractivity contribution in [1.29, 1.82) is 0 Å². The number of para-hydroxylation sites is 1. The topological polar surface area (TPSA) is 83.8 Å². The summed E-state index contributed by atoms with van der Waals surface area (Å²) < 4.78 is 35.2. The van der Waals surface area contributed by atoms with Crippen LogP contribution in [0.15, 0.2) is 30.3 Å². The fourth-order valence-corrected chi connectivity index (χ4v) is 3.40. The predicted molar refractivity (Wildman–Crippen MR) is 113 cm³/mol. The van der Waals surface area contributed by atoms with E-state index in [-0.39, 0.29) is 12.4 Å². The summed E-state index contributed by atoms with van der Waals surface area (Å²) in [6.07, 6.45) is 10.6. The lowest BCUT2D eigenvalue weighted by Crippen LogP contribution is -2.15. The van der Waals surface area contributed by atoms with Crippen molar-refractivity contribution in [2.24, 2.45) is 0 Å². The van der Waals surface area contributed by atoms with E-state index in [4.69, 9.17) is 9.29 Å². The van der Waals surface area contributed by atoms with Crippen LogP contribution < -0.4 is 4.74 Å². The lowest BCUT2D eigenvalue weighted by atomic mass is 10.1. The van der Waals surface area contributed by atoms with Gasteiger partial charge in [-0.2, -0.15) is 8.42 Å². The second-order valence-electron chi connectivity index (χ2n) is 7.03. The number of hydrogen-bond acceptors (Lipinski definition) is 4. The molecule has 0 fully saturated rings. The molecule has 0 amide bonds. The van der Waals surface area contributed by atoms with Gasteiger partial charge in [0.25, 0.3) is 10.1 Å². The quantitative estimate of drug-likeness (QED) is 0.251. The van der Waals surface area contributed by atoms with Crippen LogP contribution in [0.3, 0.4) is 0 Å². The highest BCUT2D eigenvalue weighted by molar-refractivity contribution is 7.85. The van der Waals surface area contributed by atoms with Crippen molar-refractivity contribution in [2.75, 3.05) is 12.4 Å². The minimum absolute atomic E-state index is 0.118. The first kappa shape index (κ1) is 24.5. The van der Waals surface area contributed by atoms with E-state index in [1.807, 2.05) is 30.3 Å². The molecular weight excluding hydrogens is 376 g/mol. The molecule has 5 nitrogen and oxygen atoms in total. The number of ether oxygens (including phenoxy) is 1. The molecule has 0 radical (unpaired) electrons. The maximum atomic E-state index is 10.6. The molecular formula is C22H34O5S. The second-order valence-corrected chi connectivity index (χ2v) is 8.60. The Bertz CT molecular complexity index is 661. The van der Waals surface area contributed by atoms with Crippen LogP contribution in [0.5, 0.6) is 5.75 Å². The first-order valence-corrected chi connectivity index (χ1v) is 11.9. The summed E-state index contributed by atoms with van der Waals surface area (Å²) in [5.74, 6) is 6.47. The molecule has 1 unspecified atom stereocenters. The van der Waals surface area contributed by atoms with Crippen molar-refractivity contribution >= 4 is 10.1 Å². The molecule has 1 rings (SSSR count). The van der Waals surface area contributed by atoms with Gasteiger partial charge in [-0.15, -0.1) is 5.92 Å². The SMILES string of the molecule is O=S(=O)(O)CCCCCCCCCCCCC#CC(O)COc1ccccc1. The summed E-state index contributed by atoms with van der Waals surface area (Å²) in [4.78, 5) is 0. The zero-order valence-electron chi connectivity index (χ0n) is 16.7. The normalized spacial score (nSPS) is 12.2. The van der Waals surface area contributed by atoms with Gasteiger partial charge >= 0.3 is 0 Å². The molecule has 0 heterocycles. The lowest BCUT2D eigenvalue weighted by Gasteiger charge is -2.06. The van der Waals surface area contributed by atoms with Crippen molar-refractivity contribution in [1.82, 2.24) is 0 Å². The average molecular weight is 411 g/mol. The molecule has 0 bridgehead atoms. The van der Waals surface area contributed by atoms with Crippen LogP contribution in [0.1, 0.15) is 70.6 Å². The molecule has 2 N–H and O–H groups in total. The molecule has 158 valence electrons. The fourth-order valence-electron chi connectivity index (χ4n) is 2.84. The van der Waals surface area contributed by atoms with E-state index in [0.29, 0.717) is 6.42 Å². The average Bonchev–Trinajstić information content (AvgIpc) is 2.66. The van der Waals surface area contributed by atoms with Crippen LogP contribution in [0.4, 0.5) is 0 Å². The summed E-state index contributed by atoms with van der Waals surface area (Å²) >= 11 is 0. The molecule has 6 heteroatoms. The number of aliphatic hydroxyl groups excluding tert-OH is 1. The Balaban J connectivity index is 1.87. The van der Waals surface area contributed by atoms with Gasteiger partial charge in [-0.25, -0.2) is 0 Å². The predicted octanol–water partition coefficient (Wildman–Crippen LogP) is 4.61. The van der Waals surface area contributed by atoms with E-state index in [2.05, 4.69) is 11.8 Å². The highest BCUT2D eigenvalue weighted by Gasteiger charge is 2.03. The minimum atomic E-state index is -3.79. The third-order valence-corrected chi connectivity index (χ3v) is 5.18. The summed E-state index contributed by atoms with van der Waals surface area (Å²) in [6.45, 7) is 0.187. The van der Waals surface area contributed by atoms with Gasteiger partial charge in [0.15, 0.2) is 0 Å². The molecule has 1 aromatic rings. The summed E-state index contributed by atoms with van der Waals surface area (Å²) in [5, 5.41) is 9.79. The summed E-state index contributed by atoms with van der Waals surface area (Å²) in [6, 6.07) is 9.40. The van der Waals surface area contributed by atoms with E-state index in [1.54, 1.807) is 0 Å². The molecule has 1 atom stereocenters. The highest BCUT2D eigenvalue weighted by atomic mass is 32.2. The number of aliphatic hydroxyl groups is 1. The molecule has 0 aliphatic heterocycles. The standard InChI is InChI=1S/C22H34O5S/c23-21(20-27-22-17-13-11-14-18-22)16-12-9-7-5-3-1-2-4-6-8-10-15-19-28(24,25)26/h11,13-14,17-18,21,23H,1-10,15,19-20H2,(H,24,25,26). The Morgan fingerprint density at radius 2 is 1.39 bits per heavy atom. The minimum Gasteiger partial charge on any atom is -0.490 e. The van der Waals surface area contributed by atoms with Crippen molar-refractivity contribution in [3.63, 3.8) is 0 Å². The number of rotatable bonds is 15. The van der Waals surface area contributed by atoms with Crippen LogP contribution >= 0.6 is 0 Å². The molecule has 0 saturated heterocycles. The molecule has 28 heavy (non-hydrogen) atoms. The summed E-state index contributed by atoms with van der Waals surface area (Å²) in [7, 11) is -3.79. The summed E-state index contributed by atoms with van der Waals surface area (Å²) in [5.41, 5.74) is 0. The van der Waals surface area contributed by atoms with Gasteiger partial charge in [0.1, 0.15) is 18.5 Å². The third kappa shape index (κ3) is 15.5. The monoisotopic (exact) mass is 410 g/mol. The van der Waals surface area contributed by atoms with Gasteiger partial charge in [-0.1, -0.05) is 75.5 Å². The highest BCUT2D eigenvalue weighted by Crippen LogP contribution is 2.12. The van der Waals surface area contributed by atoms with E-state index in [9.17, 15) is 13.5 Å². The zero-order valence-corrected chi connectivity index (χ0v) is 17.5. The Morgan fingerprint density at radius 1 is 0.857 bits per heavy atom. The van der Waals surface area contributed by atoms with E-state index < -0.39 is 16.2 Å². The maximum absolute atomic E-state index is 10.6. The maximum Gasteiger partial charge on any atom is 0.264 e. The van der Waals surface area contributed by atoms with E-state index >= 15 is 0 Å². The molecule has 0 aliphatic carbocycles. The van der Waals surface area contributed by atoms with E-state index in [1.165, 1.54) is 25.7 Å². The first-order chi connectivity index (χ1) is 13.5. The Hall–Kier alpha value is -1.55. The van der Waals surface area contributed by atoms with Gasteiger partial charge in [-0.3, -0.25) is 4.55 Å². The Morgan fingerprint density at radius 3 is 1.96 bits per heavy atom. The van der Waals surface area contributed by atoms with Gasteiger partial charge in [0.05, 0.1) is 5.75 Å². The number of hydrogen-bond donors (Lipinski definition) is 2. The second kappa shape index (κ2) is 15.4. The van der Waals surface area contributed by atoms with E-state index in [0.717, 1.165) is 44.3 Å². The Kier molecular flexibility index (Phi) is 13.5.